The number of anilines is 2. The Labute approximate surface area is 171 Å². The molecule has 0 spiro atoms. The minimum Gasteiger partial charge on any atom is -0.497 e. The van der Waals surface area contributed by atoms with Gasteiger partial charge in [0, 0.05) is 23.9 Å². The summed E-state index contributed by atoms with van der Waals surface area (Å²) in [5.41, 5.74) is 1.80. The van der Waals surface area contributed by atoms with Crippen LogP contribution in [0.1, 0.15) is 5.56 Å². The molecule has 0 atom stereocenters. The van der Waals surface area contributed by atoms with Crippen LogP contribution in [-0.2, 0) is 11.3 Å². The third-order valence-corrected chi connectivity index (χ3v) is 5.69. The molecule has 1 aromatic heterocycles. The molecule has 0 radical (unpaired) electrons. The molecule has 0 aliphatic heterocycles. The van der Waals surface area contributed by atoms with E-state index in [2.05, 4.69) is 20.8 Å². The minimum absolute atomic E-state index is 0.0755. The molecule has 9 heteroatoms. The number of hydrogen-bond acceptors (Lipinski definition) is 8. The van der Waals surface area contributed by atoms with E-state index in [1.807, 2.05) is 48.5 Å². The second-order valence-electron chi connectivity index (χ2n) is 5.61. The zero-order chi connectivity index (χ0) is 19.8. The Bertz CT molecular complexity index is 933. The van der Waals surface area contributed by atoms with Crippen LogP contribution in [0.15, 0.2) is 52.9 Å². The van der Waals surface area contributed by atoms with Gasteiger partial charge < -0.3 is 20.1 Å². The van der Waals surface area contributed by atoms with Crippen LogP contribution in [0.4, 0.5) is 10.8 Å². The number of amides is 1. The van der Waals surface area contributed by atoms with E-state index in [0.717, 1.165) is 27.1 Å². The summed E-state index contributed by atoms with van der Waals surface area (Å²) in [6.07, 6.45) is 0. The van der Waals surface area contributed by atoms with Crippen LogP contribution < -0.4 is 20.1 Å². The fourth-order valence-corrected chi connectivity index (χ4v) is 3.97. The van der Waals surface area contributed by atoms with E-state index >= 15 is 0 Å². The van der Waals surface area contributed by atoms with Crippen LogP contribution in [0.3, 0.4) is 0 Å². The van der Waals surface area contributed by atoms with Gasteiger partial charge in [0.15, 0.2) is 4.34 Å². The van der Waals surface area contributed by atoms with Crippen molar-refractivity contribution in [2.75, 3.05) is 25.3 Å². The van der Waals surface area contributed by atoms with Crippen molar-refractivity contribution in [2.45, 2.75) is 10.9 Å². The molecule has 1 heterocycles. The van der Waals surface area contributed by atoms with Crippen molar-refractivity contribution >= 4 is 39.8 Å². The second-order valence-corrected chi connectivity index (χ2v) is 7.81. The van der Waals surface area contributed by atoms with E-state index < -0.39 is 0 Å². The molecule has 1 amide bonds. The number of ether oxygens (including phenoxy) is 2. The standard InChI is InChI=1S/C19H20N4O3S2/c1-25-15-8-5-7-14(10-15)21-18-22-23-19(28-18)27-12-17(24)20-11-13-6-3-4-9-16(13)26-2/h3-10H,11-12H2,1-2H3,(H,20,24)(H,21,22). The van der Waals surface area contributed by atoms with E-state index in [1.165, 1.54) is 23.1 Å². The quantitative estimate of drug-likeness (QED) is 0.514. The van der Waals surface area contributed by atoms with Gasteiger partial charge in [-0.05, 0) is 18.2 Å². The van der Waals surface area contributed by atoms with Crippen LogP contribution in [0.2, 0.25) is 0 Å². The highest BCUT2D eigenvalue weighted by Crippen LogP contribution is 2.28. The molecule has 0 bridgehead atoms. The third-order valence-electron chi connectivity index (χ3n) is 3.72. The lowest BCUT2D eigenvalue weighted by molar-refractivity contribution is -0.118. The highest BCUT2D eigenvalue weighted by atomic mass is 32.2. The van der Waals surface area contributed by atoms with Gasteiger partial charge in [-0.2, -0.15) is 0 Å². The summed E-state index contributed by atoms with van der Waals surface area (Å²) in [4.78, 5) is 12.1. The Hall–Kier alpha value is -2.78. The average molecular weight is 417 g/mol. The fourth-order valence-electron chi connectivity index (χ4n) is 2.36. The maximum absolute atomic E-state index is 12.1. The number of carbonyl (C=O) groups excluding carboxylic acids is 1. The fraction of sp³-hybridized carbons (Fsp3) is 0.211. The maximum Gasteiger partial charge on any atom is 0.230 e. The summed E-state index contributed by atoms with van der Waals surface area (Å²) in [6.45, 7) is 0.419. The number of thioether (sulfide) groups is 1. The first-order chi connectivity index (χ1) is 13.7. The lowest BCUT2D eigenvalue weighted by Crippen LogP contribution is -2.24. The molecule has 0 aliphatic rings. The number of carbonyl (C=O) groups is 1. The van der Waals surface area contributed by atoms with Gasteiger partial charge in [-0.15, -0.1) is 10.2 Å². The highest BCUT2D eigenvalue weighted by Gasteiger charge is 2.10. The van der Waals surface area contributed by atoms with Gasteiger partial charge in [0.05, 0.1) is 20.0 Å². The van der Waals surface area contributed by atoms with Crippen molar-refractivity contribution in [1.82, 2.24) is 15.5 Å². The number of para-hydroxylation sites is 1. The van der Waals surface area contributed by atoms with Crippen molar-refractivity contribution in [1.29, 1.82) is 0 Å². The molecule has 0 saturated heterocycles. The van der Waals surface area contributed by atoms with E-state index in [9.17, 15) is 4.79 Å². The molecule has 7 nitrogen and oxygen atoms in total. The molecular weight excluding hydrogens is 396 g/mol. The molecule has 0 fully saturated rings. The summed E-state index contributed by atoms with van der Waals surface area (Å²) in [7, 11) is 3.24. The van der Waals surface area contributed by atoms with Crippen LogP contribution in [0.5, 0.6) is 11.5 Å². The second kappa shape index (κ2) is 9.95. The number of hydrogen-bond donors (Lipinski definition) is 2. The third kappa shape index (κ3) is 5.61. The van der Waals surface area contributed by atoms with Crippen LogP contribution in [0.25, 0.3) is 0 Å². The van der Waals surface area contributed by atoms with Crippen molar-refractivity contribution < 1.29 is 14.3 Å². The molecule has 0 aliphatic carbocycles. The summed E-state index contributed by atoms with van der Waals surface area (Å²) >= 11 is 2.74. The SMILES string of the molecule is COc1cccc(Nc2nnc(SCC(=O)NCc3ccccc3OC)s2)c1. The first-order valence-corrected chi connectivity index (χ1v) is 10.2. The molecule has 3 aromatic rings. The summed E-state index contributed by atoms with van der Waals surface area (Å²) in [6, 6.07) is 15.2. The van der Waals surface area contributed by atoms with Gasteiger partial charge in [-0.3, -0.25) is 4.79 Å². The van der Waals surface area contributed by atoms with Crippen LogP contribution in [0, 0.1) is 0 Å². The molecule has 146 valence electrons. The van der Waals surface area contributed by atoms with Crippen molar-refractivity contribution in [3.63, 3.8) is 0 Å². The molecule has 2 aromatic carbocycles. The first kappa shape index (κ1) is 20.0. The number of rotatable bonds is 9. The highest BCUT2D eigenvalue weighted by molar-refractivity contribution is 8.01. The van der Waals surface area contributed by atoms with E-state index in [0.29, 0.717) is 11.7 Å². The van der Waals surface area contributed by atoms with Gasteiger partial charge in [0.1, 0.15) is 11.5 Å². The molecule has 0 unspecified atom stereocenters. The average Bonchev–Trinajstić information content (AvgIpc) is 3.18. The lowest BCUT2D eigenvalue weighted by Gasteiger charge is -2.09. The zero-order valence-corrected chi connectivity index (χ0v) is 17.1. The van der Waals surface area contributed by atoms with E-state index in [4.69, 9.17) is 9.47 Å². The van der Waals surface area contributed by atoms with Gasteiger partial charge in [0.2, 0.25) is 11.0 Å². The summed E-state index contributed by atoms with van der Waals surface area (Å²) < 4.78 is 11.2. The molecule has 2 N–H and O–H groups in total. The monoisotopic (exact) mass is 416 g/mol. The van der Waals surface area contributed by atoms with Gasteiger partial charge in [-0.25, -0.2) is 0 Å². The van der Waals surface area contributed by atoms with E-state index in [1.54, 1.807) is 14.2 Å². The maximum atomic E-state index is 12.1. The Kier molecular flexibility index (Phi) is 7.10. The Morgan fingerprint density at radius 2 is 1.96 bits per heavy atom. The Morgan fingerprint density at radius 3 is 2.79 bits per heavy atom. The zero-order valence-electron chi connectivity index (χ0n) is 15.5. The minimum atomic E-state index is -0.0755. The van der Waals surface area contributed by atoms with Gasteiger partial charge in [0.25, 0.3) is 0 Å². The van der Waals surface area contributed by atoms with Gasteiger partial charge >= 0.3 is 0 Å². The van der Waals surface area contributed by atoms with Crippen molar-refractivity contribution in [3.05, 3.63) is 54.1 Å². The normalized spacial score (nSPS) is 10.4. The molecule has 0 saturated carbocycles. The topological polar surface area (TPSA) is 85.4 Å². The molecule has 3 rings (SSSR count). The first-order valence-electron chi connectivity index (χ1n) is 8.44. The summed E-state index contributed by atoms with van der Waals surface area (Å²) in [5, 5.41) is 15.0. The smallest absolute Gasteiger partial charge is 0.230 e. The van der Waals surface area contributed by atoms with Crippen LogP contribution >= 0.6 is 23.1 Å². The summed E-state index contributed by atoms with van der Waals surface area (Å²) in [5.74, 6) is 1.71. The predicted molar refractivity (Wildman–Crippen MR) is 112 cm³/mol. The largest absolute Gasteiger partial charge is 0.497 e. The van der Waals surface area contributed by atoms with E-state index in [-0.39, 0.29) is 11.7 Å². The number of nitrogens with one attached hydrogen (secondary N) is 2. The number of methoxy groups -OCH3 is 2. The predicted octanol–water partition coefficient (Wildman–Crippen LogP) is 3.71. The number of benzene rings is 2. The molecular formula is C19H20N4O3S2. The molecule has 28 heavy (non-hydrogen) atoms. The van der Waals surface area contributed by atoms with Crippen molar-refractivity contribution in [2.24, 2.45) is 0 Å². The number of nitrogens with zero attached hydrogens (tertiary/aromatic N) is 2. The van der Waals surface area contributed by atoms with Crippen molar-refractivity contribution in [3.8, 4) is 11.5 Å². The lowest BCUT2D eigenvalue weighted by atomic mass is 10.2. The van der Waals surface area contributed by atoms with Gasteiger partial charge in [-0.1, -0.05) is 47.4 Å². The Morgan fingerprint density at radius 1 is 1.11 bits per heavy atom. The number of aromatic nitrogens is 2. The van der Waals surface area contributed by atoms with Crippen LogP contribution in [-0.4, -0.2) is 36.1 Å². The Balaban J connectivity index is 1.47.